The van der Waals surface area contributed by atoms with E-state index in [-0.39, 0.29) is 0 Å². The molecule has 0 aliphatic rings. The van der Waals surface area contributed by atoms with Gasteiger partial charge in [0.05, 0.1) is 0 Å². The van der Waals surface area contributed by atoms with Crippen LogP contribution in [0.5, 0.6) is 0 Å². The largest absolute Gasteiger partial charge is 0.0925 e. The van der Waals surface area contributed by atoms with Gasteiger partial charge in [0.2, 0.25) is 0 Å². The summed E-state index contributed by atoms with van der Waals surface area (Å²) in [6.07, 6.45) is 2.18. The van der Waals surface area contributed by atoms with Gasteiger partial charge in [-0.05, 0) is 76.7 Å². The van der Waals surface area contributed by atoms with Crippen LogP contribution < -0.4 is 0 Å². The summed E-state index contributed by atoms with van der Waals surface area (Å²) in [4.78, 5) is 0. The summed E-state index contributed by atoms with van der Waals surface area (Å²) in [5, 5.41) is 1.82. The van der Waals surface area contributed by atoms with Crippen LogP contribution in [0.15, 0.2) is 48.5 Å². The van der Waals surface area contributed by atoms with Crippen LogP contribution in [0.1, 0.15) is 11.1 Å². The average molecular weight is 450 g/mol. The van der Waals surface area contributed by atoms with Gasteiger partial charge in [-0.15, -0.1) is 0 Å². The first kappa shape index (κ1) is 15.3. The highest BCUT2D eigenvalue weighted by atomic mass is 127. The van der Waals surface area contributed by atoms with E-state index in [1.54, 1.807) is 0 Å². The molecule has 19 heavy (non-hydrogen) atoms. The monoisotopic (exact) mass is 448 g/mol. The minimum absolute atomic E-state index is 0.612. The van der Waals surface area contributed by atoms with Crippen molar-refractivity contribution in [3.8, 4) is 0 Å². The maximum absolute atomic E-state index is 5.92. The maximum Gasteiger partial charge on any atom is 0.0406 e. The number of hydrogen-bond donors (Lipinski definition) is 0. The summed E-state index contributed by atoms with van der Waals surface area (Å²) in [5.41, 5.74) is 2.75. The number of halogens is 3. The minimum Gasteiger partial charge on any atom is -0.0925 e. The highest BCUT2D eigenvalue weighted by Gasteiger charge is 2.09. The third-order valence-corrected chi connectivity index (χ3v) is 4.98. The van der Waals surface area contributed by atoms with Crippen LogP contribution in [0, 0.1) is 9.49 Å². The summed E-state index contributed by atoms with van der Waals surface area (Å²) in [6, 6.07) is 16.9. The zero-order chi connectivity index (χ0) is 13.7. The highest BCUT2D eigenvalue weighted by molar-refractivity contribution is 14.1. The molecule has 0 saturated heterocycles. The van der Waals surface area contributed by atoms with Crippen molar-refractivity contribution in [1.82, 2.24) is 0 Å². The first-order valence-corrected chi connectivity index (χ1v) is 8.80. The molecular formula is C16H15BrClI. The Bertz CT molecular complexity index is 460. The summed E-state index contributed by atoms with van der Waals surface area (Å²) in [5.74, 6) is 0.612. The molecule has 0 fully saturated rings. The Hall–Kier alpha value is -0.0600. The molecule has 2 aromatic carbocycles. The zero-order valence-electron chi connectivity index (χ0n) is 10.5. The SMILES string of the molecule is Clc1ccc(CC(CBr)Cc2ccc(I)cc2)cc1. The molecule has 1 atom stereocenters. The van der Waals surface area contributed by atoms with Crippen molar-refractivity contribution < 1.29 is 0 Å². The van der Waals surface area contributed by atoms with Crippen LogP contribution in [0.25, 0.3) is 0 Å². The molecule has 0 N–H and O–H groups in total. The molecule has 0 aliphatic heterocycles. The maximum atomic E-state index is 5.92. The molecule has 0 radical (unpaired) electrons. The second-order valence-corrected chi connectivity index (χ2v) is 7.01. The fourth-order valence-corrected chi connectivity index (χ4v) is 3.03. The van der Waals surface area contributed by atoms with Gasteiger partial charge in [0.1, 0.15) is 0 Å². The molecule has 2 rings (SSSR count). The second kappa shape index (κ2) is 7.65. The van der Waals surface area contributed by atoms with Crippen molar-refractivity contribution in [1.29, 1.82) is 0 Å². The lowest BCUT2D eigenvalue weighted by atomic mass is 9.94. The first-order chi connectivity index (χ1) is 9.17. The second-order valence-electron chi connectivity index (χ2n) is 4.68. The molecule has 100 valence electrons. The smallest absolute Gasteiger partial charge is 0.0406 e. The Labute approximate surface area is 141 Å². The van der Waals surface area contributed by atoms with Gasteiger partial charge >= 0.3 is 0 Å². The quantitative estimate of drug-likeness (QED) is 0.403. The van der Waals surface area contributed by atoms with Gasteiger partial charge in [-0.3, -0.25) is 0 Å². The normalized spacial score (nSPS) is 12.4. The summed E-state index contributed by atoms with van der Waals surface area (Å²) < 4.78 is 1.29. The van der Waals surface area contributed by atoms with Gasteiger partial charge in [-0.25, -0.2) is 0 Å². The van der Waals surface area contributed by atoms with Gasteiger partial charge in [-0.1, -0.05) is 51.8 Å². The van der Waals surface area contributed by atoms with Crippen molar-refractivity contribution in [2.45, 2.75) is 12.8 Å². The van der Waals surface area contributed by atoms with Gasteiger partial charge in [0.15, 0.2) is 0 Å². The molecule has 0 nitrogen and oxygen atoms in total. The molecule has 0 amide bonds. The van der Waals surface area contributed by atoms with E-state index in [0.717, 1.165) is 23.2 Å². The third kappa shape index (κ3) is 5.09. The Morgan fingerprint density at radius 3 is 1.84 bits per heavy atom. The van der Waals surface area contributed by atoms with Crippen LogP contribution in [-0.4, -0.2) is 5.33 Å². The van der Waals surface area contributed by atoms with E-state index in [0.29, 0.717) is 5.92 Å². The Morgan fingerprint density at radius 2 is 1.37 bits per heavy atom. The van der Waals surface area contributed by atoms with Crippen LogP contribution in [0.3, 0.4) is 0 Å². The van der Waals surface area contributed by atoms with E-state index in [1.807, 2.05) is 12.1 Å². The lowest BCUT2D eigenvalue weighted by Gasteiger charge is -2.14. The van der Waals surface area contributed by atoms with E-state index in [2.05, 4.69) is 74.9 Å². The van der Waals surface area contributed by atoms with E-state index >= 15 is 0 Å². The van der Waals surface area contributed by atoms with Crippen LogP contribution in [0.2, 0.25) is 5.02 Å². The minimum atomic E-state index is 0.612. The average Bonchev–Trinajstić information content (AvgIpc) is 2.43. The van der Waals surface area contributed by atoms with E-state index in [9.17, 15) is 0 Å². The fraction of sp³-hybridized carbons (Fsp3) is 0.250. The van der Waals surface area contributed by atoms with Crippen molar-refractivity contribution in [3.05, 3.63) is 68.3 Å². The molecule has 0 spiro atoms. The summed E-state index contributed by atoms with van der Waals surface area (Å²) >= 11 is 11.9. The number of benzene rings is 2. The van der Waals surface area contributed by atoms with Crippen molar-refractivity contribution >= 4 is 50.1 Å². The fourth-order valence-electron chi connectivity index (χ4n) is 2.09. The molecule has 0 heterocycles. The predicted octanol–water partition coefficient (Wildman–Crippen LogP) is 5.74. The molecular weight excluding hydrogens is 434 g/mol. The van der Waals surface area contributed by atoms with Crippen molar-refractivity contribution in [2.75, 3.05) is 5.33 Å². The summed E-state index contributed by atoms with van der Waals surface area (Å²) in [6.45, 7) is 0. The van der Waals surface area contributed by atoms with Gasteiger partial charge in [-0.2, -0.15) is 0 Å². The van der Waals surface area contributed by atoms with Crippen molar-refractivity contribution in [2.24, 2.45) is 5.92 Å². The van der Waals surface area contributed by atoms with E-state index < -0.39 is 0 Å². The summed E-state index contributed by atoms with van der Waals surface area (Å²) in [7, 11) is 0. The van der Waals surface area contributed by atoms with Gasteiger partial charge < -0.3 is 0 Å². The standard InChI is InChI=1S/C16H15BrClI/c17-11-14(9-12-1-5-15(18)6-2-12)10-13-3-7-16(19)8-4-13/h1-8,14H,9-11H2. The van der Waals surface area contributed by atoms with E-state index in [4.69, 9.17) is 11.6 Å². The Balaban J connectivity index is 2.00. The first-order valence-electron chi connectivity index (χ1n) is 6.22. The van der Waals surface area contributed by atoms with Crippen molar-refractivity contribution in [3.63, 3.8) is 0 Å². The van der Waals surface area contributed by atoms with Gasteiger partial charge in [0.25, 0.3) is 0 Å². The van der Waals surface area contributed by atoms with Gasteiger partial charge in [0, 0.05) is 13.9 Å². The highest BCUT2D eigenvalue weighted by Crippen LogP contribution is 2.19. The third-order valence-electron chi connectivity index (χ3n) is 3.09. The molecule has 0 aliphatic carbocycles. The molecule has 0 saturated carbocycles. The molecule has 0 bridgehead atoms. The lowest BCUT2D eigenvalue weighted by molar-refractivity contribution is 0.591. The van der Waals surface area contributed by atoms with Crippen LogP contribution >= 0.6 is 50.1 Å². The predicted molar refractivity (Wildman–Crippen MR) is 95.3 cm³/mol. The molecule has 2 aromatic rings. The zero-order valence-corrected chi connectivity index (χ0v) is 15.0. The Morgan fingerprint density at radius 1 is 0.895 bits per heavy atom. The van der Waals surface area contributed by atoms with Crippen LogP contribution in [-0.2, 0) is 12.8 Å². The topological polar surface area (TPSA) is 0 Å². The van der Waals surface area contributed by atoms with E-state index in [1.165, 1.54) is 14.7 Å². The lowest BCUT2D eigenvalue weighted by Crippen LogP contribution is -2.09. The molecule has 1 unspecified atom stereocenters. The molecule has 0 aromatic heterocycles. The molecule has 3 heteroatoms. The number of alkyl halides is 1. The Kier molecular flexibility index (Phi) is 6.17. The number of hydrogen-bond acceptors (Lipinski definition) is 0. The van der Waals surface area contributed by atoms with Crippen LogP contribution in [0.4, 0.5) is 0 Å². The number of rotatable bonds is 5.